The third-order valence-corrected chi connectivity index (χ3v) is 7.01. The van der Waals surface area contributed by atoms with E-state index in [9.17, 15) is 8.42 Å². The molecule has 0 amide bonds. The highest BCUT2D eigenvalue weighted by atomic mass is 79.9. The Hall–Kier alpha value is 0.630. The largest absolute Gasteiger partial charge is 0.372 e. The molecule has 2 heterocycles. The Morgan fingerprint density at radius 2 is 2.21 bits per heavy atom. The Labute approximate surface area is 134 Å². The van der Waals surface area contributed by atoms with Gasteiger partial charge in [0.05, 0.1) is 16.5 Å². The second-order valence-electron chi connectivity index (χ2n) is 4.23. The van der Waals surface area contributed by atoms with E-state index in [2.05, 4.69) is 15.9 Å². The van der Waals surface area contributed by atoms with Crippen molar-refractivity contribution < 1.29 is 13.2 Å². The molecule has 0 spiro atoms. The molecule has 0 bridgehead atoms. The summed E-state index contributed by atoms with van der Waals surface area (Å²) in [6, 6.07) is 1.40. The summed E-state index contributed by atoms with van der Waals surface area (Å²) in [7, 11) is -3.62. The van der Waals surface area contributed by atoms with Crippen molar-refractivity contribution in [1.29, 1.82) is 0 Å². The summed E-state index contributed by atoms with van der Waals surface area (Å²) in [6.45, 7) is 2.47. The van der Waals surface area contributed by atoms with Crippen molar-refractivity contribution in [3.63, 3.8) is 0 Å². The van der Waals surface area contributed by atoms with E-state index in [4.69, 9.17) is 27.9 Å². The molecule has 4 nitrogen and oxygen atoms in total. The quantitative estimate of drug-likeness (QED) is 0.721. The van der Waals surface area contributed by atoms with Crippen LogP contribution in [0.2, 0.25) is 8.67 Å². The van der Waals surface area contributed by atoms with Gasteiger partial charge in [-0.25, -0.2) is 8.42 Å². The normalized spacial score (nSPS) is 25.7. The van der Waals surface area contributed by atoms with Crippen LogP contribution in [-0.4, -0.2) is 43.4 Å². The van der Waals surface area contributed by atoms with Crippen molar-refractivity contribution in [2.24, 2.45) is 0 Å². The van der Waals surface area contributed by atoms with E-state index in [1.54, 1.807) is 0 Å². The van der Waals surface area contributed by atoms with Gasteiger partial charge in [-0.3, -0.25) is 0 Å². The van der Waals surface area contributed by atoms with Crippen LogP contribution in [0.5, 0.6) is 0 Å². The molecule has 1 aliphatic rings. The predicted molar refractivity (Wildman–Crippen MR) is 81.2 cm³/mol. The zero-order valence-electron chi connectivity index (χ0n) is 9.98. The van der Waals surface area contributed by atoms with Gasteiger partial charge in [0.1, 0.15) is 9.23 Å². The molecule has 1 fully saturated rings. The fourth-order valence-electron chi connectivity index (χ4n) is 1.92. The maximum Gasteiger partial charge on any atom is 0.245 e. The summed E-state index contributed by atoms with van der Waals surface area (Å²) < 4.78 is 32.7. The highest BCUT2D eigenvalue weighted by molar-refractivity contribution is 9.09. The van der Waals surface area contributed by atoms with Crippen LogP contribution in [0.25, 0.3) is 0 Å². The molecule has 9 heteroatoms. The summed E-state index contributed by atoms with van der Waals surface area (Å²) in [6.07, 6.45) is -0.314. The van der Waals surface area contributed by atoms with Crippen LogP contribution in [0.3, 0.4) is 0 Å². The fourth-order valence-corrected chi connectivity index (χ4v) is 5.94. The first-order valence-electron chi connectivity index (χ1n) is 5.51. The number of morpholine rings is 1. The summed E-state index contributed by atoms with van der Waals surface area (Å²) in [5.74, 6) is 0. The molecule has 108 valence electrons. The molecule has 2 atom stereocenters. The standard InChI is InChI=1S/C10H12BrCl2NO3S2/c1-6-4-14(5-7(3-11)17-6)19(15,16)8-2-9(12)18-10(8)13/h2,6-7H,3-5H2,1H3. The van der Waals surface area contributed by atoms with Gasteiger partial charge < -0.3 is 4.74 Å². The highest BCUT2D eigenvalue weighted by Crippen LogP contribution is 2.36. The van der Waals surface area contributed by atoms with Crippen LogP contribution in [-0.2, 0) is 14.8 Å². The van der Waals surface area contributed by atoms with Crippen molar-refractivity contribution in [2.45, 2.75) is 24.0 Å². The Kier molecular flexibility index (Phi) is 5.20. The number of ether oxygens (including phenoxy) is 1. The Balaban J connectivity index is 2.31. The van der Waals surface area contributed by atoms with E-state index in [0.717, 1.165) is 11.3 Å². The zero-order chi connectivity index (χ0) is 14.2. The van der Waals surface area contributed by atoms with Crippen LogP contribution in [0, 0.1) is 0 Å². The predicted octanol–water partition coefficient (Wildman–Crippen LogP) is 3.23. The lowest BCUT2D eigenvalue weighted by Gasteiger charge is -2.35. The number of alkyl halides is 1. The number of rotatable bonds is 3. The van der Waals surface area contributed by atoms with Crippen LogP contribution in [0.15, 0.2) is 11.0 Å². The van der Waals surface area contributed by atoms with E-state index < -0.39 is 10.0 Å². The molecule has 0 N–H and O–H groups in total. The zero-order valence-corrected chi connectivity index (χ0v) is 14.7. The van der Waals surface area contributed by atoms with E-state index in [0.29, 0.717) is 22.8 Å². The lowest BCUT2D eigenvalue weighted by atomic mass is 10.3. The van der Waals surface area contributed by atoms with Gasteiger partial charge in [0.15, 0.2) is 0 Å². The minimum atomic E-state index is -3.62. The smallest absolute Gasteiger partial charge is 0.245 e. The Morgan fingerprint density at radius 3 is 2.74 bits per heavy atom. The van der Waals surface area contributed by atoms with Gasteiger partial charge in [-0.05, 0) is 13.0 Å². The maximum atomic E-state index is 12.5. The third-order valence-electron chi connectivity index (χ3n) is 2.71. The van der Waals surface area contributed by atoms with Crippen LogP contribution in [0.4, 0.5) is 0 Å². The van der Waals surface area contributed by atoms with Gasteiger partial charge in [-0.15, -0.1) is 11.3 Å². The van der Waals surface area contributed by atoms with E-state index in [1.165, 1.54) is 10.4 Å². The molecule has 2 unspecified atom stereocenters. The average molecular weight is 409 g/mol. The van der Waals surface area contributed by atoms with Gasteiger partial charge in [-0.1, -0.05) is 39.1 Å². The SMILES string of the molecule is CC1CN(S(=O)(=O)c2cc(Cl)sc2Cl)CC(CBr)O1. The molecule has 0 saturated carbocycles. The first-order chi connectivity index (χ1) is 8.84. The van der Waals surface area contributed by atoms with Gasteiger partial charge in [0.2, 0.25) is 10.0 Å². The van der Waals surface area contributed by atoms with Crippen molar-refractivity contribution in [3.8, 4) is 0 Å². The second-order valence-corrected chi connectivity index (χ2v) is 9.07. The van der Waals surface area contributed by atoms with Crippen molar-refractivity contribution in [3.05, 3.63) is 14.7 Å². The molecule has 19 heavy (non-hydrogen) atoms. The molecule has 0 aliphatic carbocycles. The number of halogens is 3. The monoisotopic (exact) mass is 407 g/mol. The summed E-state index contributed by atoms with van der Waals surface area (Å²) in [5, 5.41) is 0.585. The number of thiophene rings is 1. The molecule has 1 aromatic heterocycles. The van der Waals surface area contributed by atoms with Gasteiger partial charge in [-0.2, -0.15) is 4.31 Å². The van der Waals surface area contributed by atoms with Crippen LogP contribution >= 0.6 is 50.5 Å². The first-order valence-corrected chi connectivity index (χ1v) is 9.64. The van der Waals surface area contributed by atoms with E-state index in [-0.39, 0.29) is 21.4 Å². The lowest BCUT2D eigenvalue weighted by Crippen LogP contribution is -2.49. The third kappa shape index (κ3) is 3.45. The van der Waals surface area contributed by atoms with Gasteiger partial charge in [0, 0.05) is 18.4 Å². The number of hydrogen-bond acceptors (Lipinski definition) is 4. The first kappa shape index (κ1) is 16.0. The topological polar surface area (TPSA) is 46.6 Å². The molecule has 0 radical (unpaired) electrons. The fraction of sp³-hybridized carbons (Fsp3) is 0.600. The van der Waals surface area contributed by atoms with Crippen LogP contribution in [0.1, 0.15) is 6.92 Å². The van der Waals surface area contributed by atoms with Crippen molar-refractivity contribution in [1.82, 2.24) is 4.31 Å². The van der Waals surface area contributed by atoms with Crippen molar-refractivity contribution >= 4 is 60.5 Å². The molecular weight excluding hydrogens is 397 g/mol. The number of nitrogens with zero attached hydrogens (tertiary/aromatic N) is 1. The highest BCUT2D eigenvalue weighted by Gasteiger charge is 2.35. The lowest BCUT2D eigenvalue weighted by molar-refractivity contribution is -0.0411. The van der Waals surface area contributed by atoms with Gasteiger partial charge >= 0.3 is 0 Å². The van der Waals surface area contributed by atoms with E-state index in [1.807, 2.05) is 6.92 Å². The molecule has 0 aromatic carbocycles. The second kappa shape index (κ2) is 6.17. The Morgan fingerprint density at radius 1 is 1.53 bits per heavy atom. The molecule has 2 rings (SSSR count). The number of hydrogen-bond donors (Lipinski definition) is 0. The minimum Gasteiger partial charge on any atom is -0.372 e. The summed E-state index contributed by atoms with van der Waals surface area (Å²) in [4.78, 5) is 0.0755. The minimum absolute atomic E-state index is 0.0755. The summed E-state index contributed by atoms with van der Waals surface area (Å²) >= 11 is 16.1. The van der Waals surface area contributed by atoms with E-state index >= 15 is 0 Å². The molecular formula is C10H12BrCl2NO3S2. The van der Waals surface area contributed by atoms with Gasteiger partial charge in [0.25, 0.3) is 0 Å². The maximum absolute atomic E-state index is 12.5. The molecule has 1 saturated heterocycles. The molecule has 1 aliphatic heterocycles. The average Bonchev–Trinajstić information content (AvgIpc) is 2.68. The molecule has 1 aromatic rings. The van der Waals surface area contributed by atoms with Crippen LogP contribution < -0.4 is 0 Å². The number of sulfonamides is 1. The Bertz CT molecular complexity index is 563. The van der Waals surface area contributed by atoms with Crippen molar-refractivity contribution in [2.75, 3.05) is 18.4 Å². The summed E-state index contributed by atoms with van der Waals surface area (Å²) in [5.41, 5.74) is 0.